The molecule has 0 atom stereocenters. The van der Waals surface area contributed by atoms with E-state index < -0.39 is 26.7 Å². The molecule has 6 nitrogen and oxygen atoms in total. The van der Waals surface area contributed by atoms with Gasteiger partial charge in [-0.3, -0.25) is 4.72 Å². The lowest BCUT2D eigenvalue weighted by molar-refractivity contribution is 0.0599. The van der Waals surface area contributed by atoms with Crippen LogP contribution in [0.4, 0.5) is 10.1 Å². The molecule has 130 valence electrons. The number of nitrogens with one attached hydrogen (secondary N) is 1. The number of nitrogens with zero attached hydrogens (tertiary/aromatic N) is 1. The van der Waals surface area contributed by atoms with Crippen molar-refractivity contribution in [2.24, 2.45) is 0 Å². The Morgan fingerprint density at radius 2 is 2.00 bits per heavy atom. The molecule has 9 heteroatoms. The fourth-order valence-corrected chi connectivity index (χ4v) is 3.69. The Morgan fingerprint density at radius 1 is 1.32 bits per heavy atom. The van der Waals surface area contributed by atoms with Gasteiger partial charge in [0.2, 0.25) is 0 Å². The molecule has 2 aromatic carbocycles. The third-order valence-electron chi connectivity index (χ3n) is 3.33. The Balaban J connectivity index is 2.54. The number of carbonyl (C=O) groups is 1. The summed E-state index contributed by atoms with van der Waals surface area (Å²) in [6.45, 7) is 1.64. The highest BCUT2D eigenvalue weighted by Crippen LogP contribution is 2.27. The summed E-state index contributed by atoms with van der Waals surface area (Å²) >= 11 is 2.99. The lowest BCUT2D eigenvalue weighted by Crippen LogP contribution is -2.17. The van der Waals surface area contributed by atoms with Crippen LogP contribution in [0.3, 0.4) is 0 Å². The average Bonchev–Trinajstić information content (AvgIpc) is 2.55. The van der Waals surface area contributed by atoms with E-state index in [4.69, 9.17) is 5.26 Å². The number of carbonyl (C=O) groups excluding carboxylic acids is 1. The second-order valence-corrected chi connectivity index (χ2v) is 7.51. The molecule has 0 saturated carbocycles. The van der Waals surface area contributed by atoms with Crippen molar-refractivity contribution in [3.63, 3.8) is 0 Å². The third-order valence-corrected chi connectivity index (χ3v) is 5.36. The van der Waals surface area contributed by atoms with E-state index in [1.54, 1.807) is 13.0 Å². The zero-order valence-corrected chi connectivity index (χ0v) is 15.5. The number of esters is 1. The Bertz CT molecular complexity index is 1000. The molecular formula is C16H12BrFN2O4S. The lowest BCUT2D eigenvalue weighted by Gasteiger charge is -2.13. The highest BCUT2D eigenvalue weighted by molar-refractivity contribution is 9.10. The minimum Gasteiger partial charge on any atom is -0.465 e. The van der Waals surface area contributed by atoms with Crippen molar-refractivity contribution in [1.29, 1.82) is 5.26 Å². The maximum absolute atomic E-state index is 14.2. The number of rotatable bonds is 4. The molecule has 0 aliphatic heterocycles. The minimum absolute atomic E-state index is 0.0680. The average molecular weight is 427 g/mol. The second-order valence-electron chi connectivity index (χ2n) is 5.00. The maximum atomic E-state index is 14.2. The van der Waals surface area contributed by atoms with E-state index in [1.165, 1.54) is 12.1 Å². The summed E-state index contributed by atoms with van der Waals surface area (Å²) in [6, 6.07) is 8.09. The predicted octanol–water partition coefficient (Wildman–Crippen LogP) is 3.36. The van der Waals surface area contributed by atoms with Crippen LogP contribution in [0.2, 0.25) is 0 Å². The largest absolute Gasteiger partial charge is 0.465 e. The standard InChI is InChI=1S/C16H12BrFN2O4S/c1-9-3-4-10(8-19)5-14(9)20-25(22,23)15-6-11(16(21)24-2)12(17)7-13(15)18/h3-7,20H,1-2H3. The van der Waals surface area contributed by atoms with Crippen molar-refractivity contribution in [2.75, 3.05) is 11.8 Å². The highest BCUT2D eigenvalue weighted by atomic mass is 79.9. The summed E-state index contributed by atoms with van der Waals surface area (Å²) < 4.78 is 46.1. The third kappa shape index (κ3) is 3.97. The van der Waals surface area contributed by atoms with Crippen molar-refractivity contribution < 1.29 is 22.3 Å². The number of aryl methyl sites for hydroxylation is 1. The number of hydrogen-bond donors (Lipinski definition) is 1. The summed E-state index contributed by atoms with van der Waals surface area (Å²) in [5, 5.41) is 8.92. The molecule has 0 heterocycles. The van der Waals surface area contributed by atoms with E-state index in [0.717, 1.165) is 19.2 Å². The molecule has 25 heavy (non-hydrogen) atoms. The molecule has 0 bridgehead atoms. The quantitative estimate of drug-likeness (QED) is 0.755. The highest BCUT2D eigenvalue weighted by Gasteiger charge is 2.24. The van der Waals surface area contributed by atoms with Gasteiger partial charge < -0.3 is 4.74 Å². The van der Waals surface area contributed by atoms with E-state index in [9.17, 15) is 17.6 Å². The summed E-state index contributed by atoms with van der Waals surface area (Å²) in [5.41, 5.74) is 0.802. The molecule has 2 aromatic rings. The number of halogens is 2. The summed E-state index contributed by atoms with van der Waals surface area (Å²) in [7, 11) is -3.21. The topological polar surface area (TPSA) is 96.3 Å². The van der Waals surface area contributed by atoms with Gasteiger partial charge in [0.05, 0.1) is 30.0 Å². The monoisotopic (exact) mass is 426 g/mol. The molecule has 0 aliphatic rings. The van der Waals surface area contributed by atoms with Gasteiger partial charge in [0.25, 0.3) is 10.0 Å². The molecule has 0 amide bonds. The molecule has 0 aromatic heterocycles. The van der Waals surface area contributed by atoms with Crippen LogP contribution in [-0.2, 0) is 14.8 Å². The summed E-state index contributed by atoms with van der Waals surface area (Å²) in [6.07, 6.45) is 0. The van der Waals surface area contributed by atoms with Crippen molar-refractivity contribution in [1.82, 2.24) is 0 Å². The van der Waals surface area contributed by atoms with Gasteiger partial charge in [-0.25, -0.2) is 17.6 Å². The second kappa shape index (κ2) is 7.21. The Morgan fingerprint density at radius 3 is 2.60 bits per heavy atom. The Kier molecular flexibility index (Phi) is 5.45. The molecule has 2 rings (SSSR count). The Hall–Kier alpha value is -2.44. The molecule has 0 fully saturated rings. The fraction of sp³-hybridized carbons (Fsp3) is 0.125. The first kappa shape index (κ1) is 18.9. The van der Waals surface area contributed by atoms with Crippen LogP contribution in [0.15, 0.2) is 39.7 Å². The lowest BCUT2D eigenvalue weighted by atomic mass is 10.1. The minimum atomic E-state index is -4.34. The number of ether oxygens (including phenoxy) is 1. The molecular weight excluding hydrogens is 415 g/mol. The smallest absolute Gasteiger partial charge is 0.339 e. The molecule has 0 saturated heterocycles. The van der Waals surface area contributed by atoms with Crippen LogP contribution in [0.1, 0.15) is 21.5 Å². The van der Waals surface area contributed by atoms with E-state index in [2.05, 4.69) is 25.4 Å². The SMILES string of the molecule is COC(=O)c1cc(S(=O)(=O)Nc2cc(C#N)ccc2C)c(F)cc1Br. The summed E-state index contributed by atoms with van der Waals surface area (Å²) in [5.74, 6) is -1.85. The molecule has 0 spiro atoms. The number of hydrogen-bond acceptors (Lipinski definition) is 5. The summed E-state index contributed by atoms with van der Waals surface area (Å²) in [4.78, 5) is 11.0. The molecule has 0 aliphatic carbocycles. The predicted molar refractivity (Wildman–Crippen MR) is 92.1 cm³/mol. The van der Waals surface area contributed by atoms with Crippen LogP contribution in [0, 0.1) is 24.1 Å². The van der Waals surface area contributed by atoms with E-state index in [0.29, 0.717) is 5.56 Å². The van der Waals surface area contributed by atoms with Crippen LogP contribution >= 0.6 is 15.9 Å². The van der Waals surface area contributed by atoms with Gasteiger partial charge in [0, 0.05) is 4.47 Å². The van der Waals surface area contributed by atoms with Gasteiger partial charge in [0.15, 0.2) is 0 Å². The van der Waals surface area contributed by atoms with Crippen molar-refractivity contribution >= 4 is 37.6 Å². The van der Waals surface area contributed by atoms with Gasteiger partial charge in [-0.1, -0.05) is 6.07 Å². The normalized spacial score (nSPS) is 10.8. The van der Waals surface area contributed by atoms with Crippen molar-refractivity contribution in [2.45, 2.75) is 11.8 Å². The Labute approximate surface area is 152 Å². The van der Waals surface area contributed by atoms with E-state index in [-0.39, 0.29) is 21.3 Å². The first-order valence-electron chi connectivity index (χ1n) is 6.80. The van der Waals surface area contributed by atoms with Gasteiger partial charge >= 0.3 is 5.97 Å². The van der Waals surface area contributed by atoms with Gasteiger partial charge in [0.1, 0.15) is 10.7 Å². The number of methoxy groups -OCH3 is 1. The van der Waals surface area contributed by atoms with Crippen molar-refractivity contribution in [3.8, 4) is 6.07 Å². The van der Waals surface area contributed by atoms with Crippen LogP contribution in [0.25, 0.3) is 0 Å². The van der Waals surface area contributed by atoms with Crippen LogP contribution in [0.5, 0.6) is 0 Å². The van der Waals surface area contributed by atoms with Gasteiger partial charge in [-0.2, -0.15) is 5.26 Å². The number of sulfonamides is 1. The fourth-order valence-electron chi connectivity index (χ4n) is 2.00. The zero-order valence-electron chi connectivity index (χ0n) is 13.1. The van der Waals surface area contributed by atoms with Gasteiger partial charge in [-0.15, -0.1) is 0 Å². The molecule has 1 N–H and O–H groups in total. The van der Waals surface area contributed by atoms with Crippen LogP contribution < -0.4 is 4.72 Å². The number of nitriles is 1. The van der Waals surface area contributed by atoms with E-state index in [1.807, 2.05) is 6.07 Å². The molecule has 0 radical (unpaired) electrons. The number of anilines is 1. The maximum Gasteiger partial charge on any atom is 0.339 e. The van der Waals surface area contributed by atoms with E-state index >= 15 is 0 Å². The van der Waals surface area contributed by atoms with Gasteiger partial charge in [-0.05, 0) is 52.7 Å². The van der Waals surface area contributed by atoms with Crippen LogP contribution in [-0.4, -0.2) is 21.5 Å². The number of benzene rings is 2. The first-order chi connectivity index (χ1) is 11.7. The molecule has 0 unspecified atom stereocenters. The first-order valence-corrected chi connectivity index (χ1v) is 9.08. The van der Waals surface area contributed by atoms with Crippen molar-refractivity contribution in [3.05, 3.63) is 57.3 Å². The zero-order chi connectivity index (χ0) is 18.8.